The first-order valence-corrected chi connectivity index (χ1v) is 7.30. The van der Waals surface area contributed by atoms with Crippen molar-refractivity contribution in [3.63, 3.8) is 0 Å². The van der Waals surface area contributed by atoms with Crippen LogP contribution in [0, 0.1) is 0 Å². The third-order valence-electron chi connectivity index (χ3n) is 2.85. The van der Waals surface area contributed by atoms with Gasteiger partial charge >= 0.3 is 0 Å². The Hall–Kier alpha value is -1.71. The lowest BCUT2D eigenvalue weighted by atomic mass is 10.2. The molecule has 5 heteroatoms. The Morgan fingerprint density at radius 3 is 2.29 bits per heavy atom. The molecule has 0 saturated carbocycles. The van der Waals surface area contributed by atoms with E-state index in [2.05, 4.69) is 12.2 Å². The Morgan fingerprint density at radius 1 is 1.10 bits per heavy atom. The largest absolute Gasteiger partial charge is 0.484 e. The van der Waals surface area contributed by atoms with Crippen LogP contribution in [-0.4, -0.2) is 12.5 Å². The lowest BCUT2D eigenvalue weighted by molar-refractivity contribution is -0.118. The Bertz CT molecular complexity index is 606. The van der Waals surface area contributed by atoms with Crippen molar-refractivity contribution in [1.29, 1.82) is 0 Å². The molecule has 1 amide bonds. The van der Waals surface area contributed by atoms with Crippen LogP contribution in [-0.2, 0) is 11.2 Å². The first kappa shape index (κ1) is 15.7. The number of rotatable bonds is 5. The van der Waals surface area contributed by atoms with Crippen LogP contribution in [0.5, 0.6) is 5.75 Å². The predicted octanol–water partition coefficient (Wildman–Crippen LogP) is 4.57. The number of nitrogens with one attached hydrogen (secondary N) is 1. The fourth-order valence-corrected chi connectivity index (χ4v) is 2.32. The van der Waals surface area contributed by atoms with Crippen molar-refractivity contribution in [2.24, 2.45) is 0 Å². The van der Waals surface area contributed by atoms with Crippen LogP contribution >= 0.6 is 23.2 Å². The van der Waals surface area contributed by atoms with Gasteiger partial charge in [-0.05, 0) is 42.3 Å². The Kier molecular flexibility index (Phi) is 5.48. The number of carbonyl (C=O) groups is 1. The fourth-order valence-electron chi connectivity index (χ4n) is 1.79. The summed E-state index contributed by atoms with van der Waals surface area (Å²) in [7, 11) is 0. The minimum atomic E-state index is -0.270. The minimum Gasteiger partial charge on any atom is -0.484 e. The number of halogens is 2. The molecular formula is C16H15Cl2NO2. The Labute approximate surface area is 133 Å². The van der Waals surface area contributed by atoms with Gasteiger partial charge in [-0.1, -0.05) is 42.3 Å². The molecule has 0 atom stereocenters. The summed E-state index contributed by atoms with van der Waals surface area (Å²) in [6, 6.07) is 12.5. The molecule has 2 aromatic rings. The molecule has 0 aromatic heterocycles. The summed E-state index contributed by atoms with van der Waals surface area (Å²) in [6.07, 6.45) is 0.969. The molecule has 0 radical (unpaired) electrons. The summed E-state index contributed by atoms with van der Waals surface area (Å²) in [4.78, 5) is 11.8. The summed E-state index contributed by atoms with van der Waals surface area (Å²) in [5, 5.41) is 3.62. The molecule has 0 spiro atoms. The smallest absolute Gasteiger partial charge is 0.262 e. The van der Waals surface area contributed by atoms with Gasteiger partial charge in [0.1, 0.15) is 5.75 Å². The zero-order valence-corrected chi connectivity index (χ0v) is 13.0. The summed E-state index contributed by atoms with van der Waals surface area (Å²) >= 11 is 11.7. The van der Waals surface area contributed by atoms with E-state index in [4.69, 9.17) is 27.9 Å². The van der Waals surface area contributed by atoms with E-state index in [0.717, 1.165) is 6.42 Å². The summed E-state index contributed by atoms with van der Waals surface area (Å²) in [5.41, 5.74) is 1.77. The van der Waals surface area contributed by atoms with Crippen LogP contribution in [0.2, 0.25) is 10.0 Å². The maximum Gasteiger partial charge on any atom is 0.262 e. The van der Waals surface area contributed by atoms with Crippen LogP contribution in [0.15, 0.2) is 42.5 Å². The molecule has 0 fully saturated rings. The molecular weight excluding hydrogens is 309 g/mol. The predicted molar refractivity (Wildman–Crippen MR) is 86.4 cm³/mol. The van der Waals surface area contributed by atoms with E-state index in [1.807, 2.05) is 24.3 Å². The van der Waals surface area contributed by atoms with Gasteiger partial charge in [0, 0.05) is 15.7 Å². The highest BCUT2D eigenvalue weighted by molar-refractivity contribution is 6.35. The molecule has 3 nitrogen and oxygen atoms in total. The second-order valence-electron chi connectivity index (χ2n) is 4.49. The fraction of sp³-hybridized carbons (Fsp3) is 0.188. The van der Waals surface area contributed by atoms with E-state index in [1.165, 1.54) is 5.56 Å². The third kappa shape index (κ3) is 4.96. The topological polar surface area (TPSA) is 38.3 Å². The number of aryl methyl sites for hydroxylation is 1. The lowest BCUT2D eigenvalue weighted by Crippen LogP contribution is -2.20. The quantitative estimate of drug-likeness (QED) is 0.875. The first-order chi connectivity index (χ1) is 10.1. The molecule has 110 valence electrons. The van der Waals surface area contributed by atoms with Crippen molar-refractivity contribution in [3.05, 3.63) is 58.1 Å². The van der Waals surface area contributed by atoms with Crippen LogP contribution in [0.3, 0.4) is 0 Å². The molecule has 0 heterocycles. The van der Waals surface area contributed by atoms with Gasteiger partial charge in [0.15, 0.2) is 6.61 Å². The number of amides is 1. The maximum absolute atomic E-state index is 11.8. The maximum atomic E-state index is 11.8. The van der Waals surface area contributed by atoms with Gasteiger partial charge < -0.3 is 10.1 Å². The first-order valence-electron chi connectivity index (χ1n) is 6.54. The Balaban J connectivity index is 1.89. The normalized spacial score (nSPS) is 10.2. The average Bonchev–Trinajstić information content (AvgIpc) is 2.44. The Morgan fingerprint density at radius 2 is 1.71 bits per heavy atom. The van der Waals surface area contributed by atoms with E-state index >= 15 is 0 Å². The monoisotopic (exact) mass is 323 g/mol. The second kappa shape index (κ2) is 7.34. The number of anilines is 1. The number of carbonyl (C=O) groups excluding carboxylic acids is 1. The summed E-state index contributed by atoms with van der Waals surface area (Å²) in [6.45, 7) is 2.01. The van der Waals surface area contributed by atoms with Gasteiger partial charge in [-0.25, -0.2) is 0 Å². The number of benzene rings is 2. The highest BCUT2D eigenvalue weighted by Crippen LogP contribution is 2.22. The van der Waals surface area contributed by atoms with Gasteiger partial charge in [0.25, 0.3) is 5.91 Å². The average molecular weight is 324 g/mol. The van der Waals surface area contributed by atoms with Crippen molar-refractivity contribution in [3.8, 4) is 5.75 Å². The van der Waals surface area contributed by atoms with Gasteiger partial charge in [-0.2, -0.15) is 0 Å². The standard InChI is InChI=1S/C16H15Cl2NO2/c1-2-11-3-5-15(6-4-11)21-10-16(20)19-14-8-12(17)7-13(18)9-14/h3-9H,2,10H2,1H3,(H,19,20). The van der Waals surface area contributed by atoms with E-state index in [1.54, 1.807) is 18.2 Å². The lowest BCUT2D eigenvalue weighted by Gasteiger charge is -2.08. The van der Waals surface area contributed by atoms with Crippen molar-refractivity contribution in [1.82, 2.24) is 0 Å². The molecule has 1 N–H and O–H groups in total. The van der Waals surface area contributed by atoms with E-state index < -0.39 is 0 Å². The van der Waals surface area contributed by atoms with Crippen LogP contribution in [0.25, 0.3) is 0 Å². The van der Waals surface area contributed by atoms with Crippen molar-refractivity contribution in [2.45, 2.75) is 13.3 Å². The molecule has 2 aromatic carbocycles. The molecule has 21 heavy (non-hydrogen) atoms. The molecule has 0 saturated heterocycles. The number of ether oxygens (including phenoxy) is 1. The highest BCUT2D eigenvalue weighted by Gasteiger charge is 2.05. The van der Waals surface area contributed by atoms with Gasteiger partial charge in [0.2, 0.25) is 0 Å². The SMILES string of the molecule is CCc1ccc(OCC(=O)Nc2cc(Cl)cc(Cl)c2)cc1. The van der Waals surface area contributed by atoms with Gasteiger partial charge in [-0.15, -0.1) is 0 Å². The molecule has 0 aliphatic heterocycles. The van der Waals surface area contributed by atoms with Crippen molar-refractivity contribution in [2.75, 3.05) is 11.9 Å². The van der Waals surface area contributed by atoms with Gasteiger partial charge in [-0.3, -0.25) is 4.79 Å². The minimum absolute atomic E-state index is 0.0738. The van der Waals surface area contributed by atoms with Crippen LogP contribution < -0.4 is 10.1 Å². The zero-order valence-electron chi connectivity index (χ0n) is 11.5. The molecule has 0 bridgehead atoms. The zero-order chi connectivity index (χ0) is 15.2. The number of hydrogen-bond acceptors (Lipinski definition) is 2. The number of hydrogen-bond donors (Lipinski definition) is 1. The third-order valence-corrected chi connectivity index (χ3v) is 3.28. The molecule has 0 aliphatic carbocycles. The molecule has 0 unspecified atom stereocenters. The van der Waals surface area contributed by atoms with Crippen molar-refractivity contribution >= 4 is 34.8 Å². The summed E-state index contributed by atoms with van der Waals surface area (Å²) < 4.78 is 5.42. The van der Waals surface area contributed by atoms with Gasteiger partial charge in [0.05, 0.1) is 0 Å². The van der Waals surface area contributed by atoms with Crippen LogP contribution in [0.1, 0.15) is 12.5 Å². The molecule has 0 aliphatic rings. The molecule has 2 rings (SSSR count). The van der Waals surface area contributed by atoms with Crippen molar-refractivity contribution < 1.29 is 9.53 Å². The summed E-state index contributed by atoms with van der Waals surface area (Å²) in [5.74, 6) is 0.388. The second-order valence-corrected chi connectivity index (χ2v) is 5.37. The van der Waals surface area contributed by atoms with Crippen LogP contribution in [0.4, 0.5) is 5.69 Å². The highest BCUT2D eigenvalue weighted by atomic mass is 35.5. The van der Waals surface area contributed by atoms with E-state index in [9.17, 15) is 4.79 Å². The van der Waals surface area contributed by atoms with E-state index in [-0.39, 0.29) is 12.5 Å². The van der Waals surface area contributed by atoms with E-state index in [0.29, 0.717) is 21.5 Å².